The Hall–Kier alpha value is -1.59. The number of hydrogen-bond acceptors (Lipinski definition) is 4. The van der Waals surface area contributed by atoms with Gasteiger partial charge in [-0.3, -0.25) is 9.59 Å². The minimum Gasteiger partial charge on any atom is -0.481 e. The summed E-state index contributed by atoms with van der Waals surface area (Å²) in [5.74, 6) is -3.24. The molecule has 2 N–H and O–H groups in total. The highest BCUT2D eigenvalue weighted by Gasteiger charge is 2.66. The SMILES string of the molecule is CCC(C)C(NC(=O)[C@H]1[C@@H](C(=O)O)C1(C)C)C(=O)OC. The molecule has 0 aromatic carbocycles. The van der Waals surface area contributed by atoms with Crippen LogP contribution in [0, 0.1) is 23.2 Å². The molecule has 0 radical (unpaired) electrons. The molecule has 1 amide bonds. The molecule has 20 heavy (non-hydrogen) atoms. The van der Waals surface area contributed by atoms with Crippen molar-refractivity contribution in [3.8, 4) is 0 Å². The average molecular weight is 285 g/mol. The number of carboxylic acids is 1. The Morgan fingerprint density at radius 1 is 1.30 bits per heavy atom. The number of carbonyl (C=O) groups excluding carboxylic acids is 2. The lowest BCUT2D eigenvalue weighted by Gasteiger charge is -2.22. The smallest absolute Gasteiger partial charge is 0.328 e. The van der Waals surface area contributed by atoms with Crippen molar-refractivity contribution >= 4 is 17.8 Å². The fourth-order valence-electron chi connectivity index (χ4n) is 2.63. The zero-order valence-corrected chi connectivity index (χ0v) is 12.6. The molecule has 6 heteroatoms. The number of carboxylic acid groups (broad SMARTS) is 1. The number of ether oxygens (including phenoxy) is 1. The number of nitrogens with one attached hydrogen (secondary N) is 1. The summed E-state index contributed by atoms with van der Waals surface area (Å²) in [4.78, 5) is 35.0. The maximum absolute atomic E-state index is 12.2. The van der Waals surface area contributed by atoms with Gasteiger partial charge in [0.05, 0.1) is 18.9 Å². The third-order valence-corrected chi connectivity index (χ3v) is 4.34. The molecule has 1 aliphatic carbocycles. The maximum Gasteiger partial charge on any atom is 0.328 e. The van der Waals surface area contributed by atoms with E-state index in [1.807, 2.05) is 13.8 Å². The van der Waals surface area contributed by atoms with Gasteiger partial charge in [0, 0.05) is 0 Å². The van der Waals surface area contributed by atoms with Crippen LogP contribution in [0.5, 0.6) is 0 Å². The summed E-state index contributed by atoms with van der Waals surface area (Å²) < 4.78 is 4.69. The molecule has 0 aromatic rings. The monoisotopic (exact) mass is 285 g/mol. The first-order valence-electron chi connectivity index (χ1n) is 6.79. The summed E-state index contributed by atoms with van der Waals surface area (Å²) in [6.07, 6.45) is 0.705. The van der Waals surface area contributed by atoms with Crippen molar-refractivity contribution in [2.24, 2.45) is 23.2 Å². The van der Waals surface area contributed by atoms with E-state index < -0.39 is 41.1 Å². The van der Waals surface area contributed by atoms with Crippen LogP contribution in [0.15, 0.2) is 0 Å². The van der Waals surface area contributed by atoms with Crippen LogP contribution in [-0.4, -0.2) is 36.1 Å². The van der Waals surface area contributed by atoms with Crippen LogP contribution in [0.3, 0.4) is 0 Å². The first-order valence-corrected chi connectivity index (χ1v) is 6.79. The third-order valence-electron chi connectivity index (χ3n) is 4.34. The molecule has 0 aliphatic heterocycles. The van der Waals surface area contributed by atoms with Crippen LogP contribution in [0.25, 0.3) is 0 Å². The van der Waals surface area contributed by atoms with Gasteiger partial charge < -0.3 is 15.2 Å². The van der Waals surface area contributed by atoms with Crippen LogP contribution >= 0.6 is 0 Å². The van der Waals surface area contributed by atoms with Crippen molar-refractivity contribution in [3.63, 3.8) is 0 Å². The van der Waals surface area contributed by atoms with Crippen LogP contribution < -0.4 is 5.32 Å². The molecule has 1 aliphatic rings. The Balaban J connectivity index is 2.78. The molecule has 1 saturated carbocycles. The summed E-state index contributed by atoms with van der Waals surface area (Å²) in [7, 11) is 1.27. The molecular weight excluding hydrogens is 262 g/mol. The molecule has 1 fully saturated rings. The van der Waals surface area contributed by atoms with E-state index in [9.17, 15) is 14.4 Å². The first kappa shape index (κ1) is 16.5. The van der Waals surface area contributed by atoms with Crippen molar-refractivity contribution in [3.05, 3.63) is 0 Å². The third kappa shape index (κ3) is 2.94. The molecule has 0 spiro atoms. The van der Waals surface area contributed by atoms with E-state index in [2.05, 4.69) is 5.32 Å². The lowest BCUT2D eigenvalue weighted by Crippen LogP contribution is -2.46. The Labute approximate surface area is 118 Å². The number of hydrogen-bond donors (Lipinski definition) is 2. The Morgan fingerprint density at radius 2 is 1.85 bits per heavy atom. The van der Waals surface area contributed by atoms with Crippen LogP contribution in [0.1, 0.15) is 34.1 Å². The van der Waals surface area contributed by atoms with E-state index in [0.717, 1.165) is 0 Å². The number of amides is 1. The van der Waals surface area contributed by atoms with Gasteiger partial charge >= 0.3 is 11.9 Å². The van der Waals surface area contributed by atoms with Gasteiger partial charge in [-0.05, 0) is 11.3 Å². The molecule has 1 rings (SSSR count). The van der Waals surface area contributed by atoms with Crippen LogP contribution in [-0.2, 0) is 19.1 Å². The molecule has 0 heterocycles. The predicted octanol–water partition coefficient (Wildman–Crippen LogP) is 1.05. The van der Waals surface area contributed by atoms with Crippen molar-refractivity contribution < 1.29 is 24.2 Å². The molecule has 6 nitrogen and oxygen atoms in total. The van der Waals surface area contributed by atoms with Gasteiger partial charge in [0.25, 0.3) is 0 Å². The van der Waals surface area contributed by atoms with Crippen molar-refractivity contribution in [1.29, 1.82) is 0 Å². The second-order valence-corrected chi connectivity index (χ2v) is 6.01. The molecule has 0 bridgehead atoms. The van der Waals surface area contributed by atoms with E-state index in [1.165, 1.54) is 7.11 Å². The lowest BCUT2D eigenvalue weighted by molar-refractivity contribution is -0.147. The van der Waals surface area contributed by atoms with Gasteiger partial charge in [0.15, 0.2) is 0 Å². The van der Waals surface area contributed by atoms with Gasteiger partial charge in [-0.2, -0.15) is 0 Å². The van der Waals surface area contributed by atoms with Crippen LogP contribution in [0.4, 0.5) is 0 Å². The minimum atomic E-state index is -0.978. The molecule has 4 atom stereocenters. The van der Waals surface area contributed by atoms with E-state index in [4.69, 9.17) is 9.84 Å². The summed E-state index contributed by atoms with van der Waals surface area (Å²) >= 11 is 0. The zero-order valence-electron chi connectivity index (χ0n) is 12.6. The number of rotatable bonds is 6. The standard InChI is InChI=1S/C14H23NO5/c1-6-7(2)10(13(19)20-5)15-11(16)8-9(12(17)18)14(8,3)4/h7-10H,6H2,1-5H3,(H,15,16)(H,17,18)/t7?,8-,9+,10?/m1/s1. The molecule has 0 saturated heterocycles. The number of aliphatic carboxylic acids is 1. The fourth-order valence-corrected chi connectivity index (χ4v) is 2.63. The van der Waals surface area contributed by atoms with Crippen molar-refractivity contribution in [2.75, 3.05) is 7.11 Å². The number of carbonyl (C=O) groups is 3. The molecule has 114 valence electrons. The minimum absolute atomic E-state index is 0.0726. The maximum atomic E-state index is 12.2. The Bertz CT molecular complexity index is 418. The van der Waals surface area contributed by atoms with Gasteiger partial charge in [0.2, 0.25) is 5.91 Å². The predicted molar refractivity (Wildman–Crippen MR) is 71.8 cm³/mol. The Kier molecular flexibility index (Phi) is 4.78. The summed E-state index contributed by atoms with van der Waals surface area (Å²) in [6, 6.07) is -0.733. The lowest BCUT2D eigenvalue weighted by atomic mass is 9.98. The highest BCUT2D eigenvalue weighted by Crippen LogP contribution is 2.58. The van der Waals surface area contributed by atoms with Gasteiger partial charge in [0.1, 0.15) is 6.04 Å². The van der Waals surface area contributed by atoms with E-state index in [-0.39, 0.29) is 5.92 Å². The largest absolute Gasteiger partial charge is 0.481 e. The van der Waals surface area contributed by atoms with E-state index in [0.29, 0.717) is 6.42 Å². The van der Waals surface area contributed by atoms with E-state index >= 15 is 0 Å². The summed E-state index contributed by atoms with van der Waals surface area (Å²) in [5.41, 5.74) is -0.577. The quantitative estimate of drug-likeness (QED) is 0.711. The second kappa shape index (κ2) is 5.81. The molecule has 0 aromatic heterocycles. The van der Waals surface area contributed by atoms with Gasteiger partial charge in [-0.1, -0.05) is 34.1 Å². The average Bonchev–Trinajstić information content (AvgIpc) is 2.97. The summed E-state index contributed by atoms with van der Waals surface area (Å²) in [5, 5.41) is 11.7. The zero-order chi connectivity index (χ0) is 15.7. The van der Waals surface area contributed by atoms with Gasteiger partial charge in [-0.15, -0.1) is 0 Å². The highest BCUT2D eigenvalue weighted by atomic mass is 16.5. The second-order valence-electron chi connectivity index (χ2n) is 6.01. The number of methoxy groups -OCH3 is 1. The van der Waals surface area contributed by atoms with Crippen molar-refractivity contribution in [1.82, 2.24) is 5.32 Å². The van der Waals surface area contributed by atoms with Crippen LogP contribution in [0.2, 0.25) is 0 Å². The highest BCUT2D eigenvalue weighted by molar-refractivity contribution is 5.93. The van der Waals surface area contributed by atoms with E-state index in [1.54, 1.807) is 13.8 Å². The first-order chi connectivity index (χ1) is 9.18. The number of esters is 1. The molecular formula is C14H23NO5. The Morgan fingerprint density at radius 3 is 2.20 bits per heavy atom. The normalized spacial score (nSPS) is 26.2. The van der Waals surface area contributed by atoms with Crippen molar-refractivity contribution in [2.45, 2.75) is 40.2 Å². The summed E-state index contributed by atoms with van der Waals surface area (Å²) in [6.45, 7) is 7.24. The fraction of sp³-hybridized carbons (Fsp3) is 0.786. The van der Waals surface area contributed by atoms with Gasteiger partial charge in [-0.25, -0.2) is 4.79 Å². The molecule has 2 unspecified atom stereocenters. The topological polar surface area (TPSA) is 92.7 Å².